The van der Waals surface area contributed by atoms with Crippen molar-refractivity contribution in [2.24, 2.45) is 5.92 Å². The lowest BCUT2D eigenvalue weighted by atomic mass is 9.96. The summed E-state index contributed by atoms with van der Waals surface area (Å²) in [5, 5.41) is 9.41. The molecule has 1 aliphatic rings. The van der Waals surface area contributed by atoms with Crippen molar-refractivity contribution in [3.05, 3.63) is 60.2 Å². The fourth-order valence-electron chi connectivity index (χ4n) is 3.46. The van der Waals surface area contributed by atoms with Gasteiger partial charge < -0.3 is 19.7 Å². The van der Waals surface area contributed by atoms with E-state index in [9.17, 15) is 9.18 Å². The largest absolute Gasteiger partial charge is 0.492 e. The van der Waals surface area contributed by atoms with Crippen LogP contribution in [0.4, 0.5) is 10.1 Å². The number of H-pyrrole nitrogens is 1. The fraction of sp³-hybridized carbons (Fsp3) is 0.304. The maximum atomic E-state index is 14.9. The van der Waals surface area contributed by atoms with Crippen LogP contribution in [0.15, 0.2) is 48.8 Å². The highest BCUT2D eigenvalue weighted by atomic mass is 19.1. The standard InChI is InChI=1S/C23H25FN4O3/c1-28(2)7-8-30-22-10-18(17-12-25-26-13-17)19(24)11-20(22)27-23(29)16-9-15-5-3-4-6-21(15)31-14-16/h3-6,10-13,16H,7-9,14H2,1-2H3,(H,25,26)(H,27,29). The van der Waals surface area contributed by atoms with Crippen molar-refractivity contribution < 1.29 is 18.7 Å². The van der Waals surface area contributed by atoms with Crippen molar-refractivity contribution >= 4 is 11.6 Å². The number of nitrogens with one attached hydrogen (secondary N) is 2. The molecule has 0 radical (unpaired) electrons. The quantitative estimate of drug-likeness (QED) is 0.608. The van der Waals surface area contributed by atoms with E-state index in [2.05, 4.69) is 15.5 Å². The number of ether oxygens (including phenoxy) is 2. The number of carbonyl (C=O) groups is 1. The molecule has 1 amide bonds. The molecule has 1 unspecified atom stereocenters. The summed E-state index contributed by atoms with van der Waals surface area (Å²) in [6.45, 7) is 1.35. The van der Waals surface area contributed by atoms with Crippen LogP contribution in [-0.2, 0) is 11.2 Å². The summed E-state index contributed by atoms with van der Waals surface area (Å²) < 4.78 is 26.5. The molecule has 1 atom stereocenters. The minimum Gasteiger partial charge on any atom is -0.492 e. The number of likely N-dealkylation sites (N-methyl/N-ethyl adjacent to an activating group) is 1. The van der Waals surface area contributed by atoms with E-state index < -0.39 is 5.82 Å². The van der Waals surface area contributed by atoms with Crippen LogP contribution >= 0.6 is 0 Å². The van der Waals surface area contributed by atoms with Gasteiger partial charge in [-0.25, -0.2) is 4.39 Å². The van der Waals surface area contributed by atoms with Crippen LogP contribution in [0.25, 0.3) is 11.1 Å². The molecule has 8 heteroatoms. The Hall–Kier alpha value is -3.39. The summed E-state index contributed by atoms with van der Waals surface area (Å²) in [6, 6.07) is 10.6. The van der Waals surface area contributed by atoms with Gasteiger partial charge >= 0.3 is 0 Å². The molecule has 1 aromatic heterocycles. The number of aromatic amines is 1. The van der Waals surface area contributed by atoms with E-state index >= 15 is 0 Å². The highest BCUT2D eigenvalue weighted by Gasteiger charge is 2.27. The first-order chi connectivity index (χ1) is 15.0. The molecule has 0 saturated carbocycles. The topological polar surface area (TPSA) is 79.5 Å². The Morgan fingerprint density at radius 2 is 2.19 bits per heavy atom. The normalized spacial score (nSPS) is 15.3. The number of fused-ring (bicyclic) bond motifs is 1. The number of anilines is 1. The van der Waals surface area contributed by atoms with Crippen molar-refractivity contribution in [3.63, 3.8) is 0 Å². The SMILES string of the molecule is CN(C)CCOc1cc(-c2cn[nH]c2)c(F)cc1NC(=O)C1COc2ccccc2C1. The summed E-state index contributed by atoms with van der Waals surface area (Å²) in [5.41, 5.74) is 2.23. The van der Waals surface area contributed by atoms with Crippen LogP contribution in [-0.4, -0.2) is 54.9 Å². The highest BCUT2D eigenvalue weighted by molar-refractivity contribution is 5.95. The van der Waals surface area contributed by atoms with Gasteiger partial charge in [-0.15, -0.1) is 0 Å². The number of amides is 1. The monoisotopic (exact) mass is 424 g/mol. The molecule has 0 bridgehead atoms. The van der Waals surface area contributed by atoms with Gasteiger partial charge in [0.05, 0.1) is 17.8 Å². The average molecular weight is 424 g/mol. The second-order valence-electron chi connectivity index (χ2n) is 7.78. The molecule has 0 fully saturated rings. The van der Waals surface area contributed by atoms with Crippen LogP contribution in [0.1, 0.15) is 5.56 Å². The minimum atomic E-state index is -0.470. The molecule has 4 rings (SSSR count). The number of carbonyl (C=O) groups excluding carboxylic acids is 1. The van der Waals surface area contributed by atoms with Gasteiger partial charge in [0.15, 0.2) is 0 Å². The maximum absolute atomic E-state index is 14.9. The first-order valence-electron chi connectivity index (χ1n) is 10.1. The number of aromatic nitrogens is 2. The Kier molecular flexibility index (Phi) is 6.18. The molecule has 0 aliphatic carbocycles. The van der Waals surface area contributed by atoms with E-state index in [0.717, 1.165) is 11.3 Å². The Morgan fingerprint density at radius 1 is 1.35 bits per heavy atom. The molecule has 2 aromatic carbocycles. The number of benzene rings is 2. The van der Waals surface area contributed by atoms with Crippen LogP contribution in [0.2, 0.25) is 0 Å². The molecule has 3 aromatic rings. The van der Waals surface area contributed by atoms with Gasteiger partial charge in [-0.3, -0.25) is 9.89 Å². The minimum absolute atomic E-state index is 0.234. The summed E-state index contributed by atoms with van der Waals surface area (Å²) in [6.07, 6.45) is 3.71. The van der Waals surface area contributed by atoms with Crippen LogP contribution in [0, 0.1) is 11.7 Å². The molecular formula is C23H25FN4O3. The molecule has 0 saturated heterocycles. The van der Waals surface area contributed by atoms with Gasteiger partial charge in [-0.05, 0) is 38.2 Å². The number of para-hydroxylation sites is 1. The van der Waals surface area contributed by atoms with Crippen molar-refractivity contribution in [2.45, 2.75) is 6.42 Å². The van der Waals surface area contributed by atoms with Crippen LogP contribution in [0.5, 0.6) is 11.5 Å². The van der Waals surface area contributed by atoms with Gasteiger partial charge in [-0.2, -0.15) is 5.10 Å². The third-order valence-corrected chi connectivity index (χ3v) is 5.18. The van der Waals surface area contributed by atoms with E-state index in [-0.39, 0.29) is 18.4 Å². The van der Waals surface area contributed by atoms with Gasteiger partial charge in [0.2, 0.25) is 5.91 Å². The molecule has 31 heavy (non-hydrogen) atoms. The third-order valence-electron chi connectivity index (χ3n) is 5.18. The Morgan fingerprint density at radius 3 is 2.97 bits per heavy atom. The van der Waals surface area contributed by atoms with Crippen molar-refractivity contribution in [2.75, 3.05) is 39.2 Å². The summed E-state index contributed by atoms with van der Waals surface area (Å²) in [4.78, 5) is 14.9. The second kappa shape index (κ2) is 9.18. The smallest absolute Gasteiger partial charge is 0.231 e. The summed E-state index contributed by atoms with van der Waals surface area (Å²) >= 11 is 0. The first kappa shape index (κ1) is 20.9. The lowest BCUT2D eigenvalue weighted by molar-refractivity contribution is -0.121. The van der Waals surface area contributed by atoms with E-state index in [4.69, 9.17) is 9.47 Å². The Labute approximate surface area is 180 Å². The number of halogens is 1. The third kappa shape index (κ3) is 4.86. The number of nitrogens with zero attached hydrogens (tertiary/aromatic N) is 2. The predicted octanol–water partition coefficient (Wildman–Crippen LogP) is 3.35. The molecule has 2 N–H and O–H groups in total. The predicted molar refractivity (Wildman–Crippen MR) is 116 cm³/mol. The molecule has 162 valence electrons. The lowest BCUT2D eigenvalue weighted by Gasteiger charge is -2.25. The zero-order valence-electron chi connectivity index (χ0n) is 17.5. The molecule has 7 nitrogen and oxygen atoms in total. The molecule has 1 aliphatic heterocycles. The van der Waals surface area contributed by atoms with Crippen molar-refractivity contribution in [1.82, 2.24) is 15.1 Å². The number of hydrogen-bond acceptors (Lipinski definition) is 5. The Bertz CT molecular complexity index is 1050. The lowest BCUT2D eigenvalue weighted by Crippen LogP contribution is -2.32. The van der Waals surface area contributed by atoms with E-state index in [1.807, 2.05) is 43.3 Å². The van der Waals surface area contributed by atoms with E-state index in [1.165, 1.54) is 12.3 Å². The van der Waals surface area contributed by atoms with Gasteiger partial charge in [0.1, 0.15) is 30.5 Å². The van der Waals surface area contributed by atoms with Crippen LogP contribution in [0.3, 0.4) is 0 Å². The summed E-state index contributed by atoms with van der Waals surface area (Å²) in [7, 11) is 3.88. The maximum Gasteiger partial charge on any atom is 0.231 e. The molecular weight excluding hydrogens is 399 g/mol. The van der Waals surface area contributed by atoms with E-state index in [0.29, 0.717) is 42.1 Å². The first-order valence-corrected chi connectivity index (χ1v) is 10.1. The van der Waals surface area contributed by atoms with Gasteiger partial charge in [0.25, 0.3) is 0 Å². The van der Waals surface area contributed by atoms with Crippen LogP contribution < -0.4 is 14.8 Å². The molecule has 0 spiro atoms. The van der Waals surface area contributed by atoms with Crippen molar-refractivity contribution in [1.29, 1.82) is 0 Å². The molecule has 2 heterocycles. The zero-order chi connectivity index (χ0) is 21.8. The van der Waals surface area contributed by atoms with Crippen molar-refractivity contribution in [3.8, 4) is 22.6 Å². The zero-order valence-corrected chi connectivity index (χ0v) is 17.5. The number of hydrogen-bond donors (Lipinski definition) is 2. The van der Waals surface area contributed by atoms with E-state index in [1.54, 1.807) is 12.3 Å². The second-order valence-corrected chi connectivity index (χ2v) is 7.78. The highest BCUT2D eigenvalue weighted by Crippen LogP contribution is 2.34. The summed E-state index contributed by atoms with van der Waals surface area (Å²) in [5.74, 6) is 0.130. The Balaban J connectivity index is 1.56. The number of rotatable bonds is 7. The van der Waals surface area contributed by atoms with Gasteiger partial charge in [0, 0.05) is 29.9 Å². The fourth-order valence-corrected chi connectivity index (χ4v) is 3.46. The van der Waals surface area contributed by atoms with Gasteiger partial charge in [-0.1, -0.05) is 18.2 Å². The average Bonchev–Trinajstić information content (AvgIpc) is 3.29.